The van der Waals surface area contributed by atoms with Crippen LogP contribution in [0.1, 0.15) is 16.8 Å². The molecule has 1 N–H and O–H groups in total. The van der Waals surface area contributed by atoms with Crippen molar-refractivity contribution in [3.8, 4) is 11.5 Å². The summed E-state index contributed by atoms with van der Waals surface area (Å²) in [6, 6.07) is 11.9. The van der Waals surface area contributed by atoms with Gasteiger partial charge < -0.3 is 24.4 Å². The highest BCUT2D eigenvalue weighted by Crippen LogP contribution is 2.36. The molecule has 0 spiro atoms. The Morgan fingerprint density at radius 3 is 2.66 bits per heavy atom. The minimum absolute atomic E-state index is 0.0840. The van der Waals surface area contributed by atoms with Crippen molar-refractivity contribution in [2.45, 2.75) is 6.42 Å². The molecule has 2 aromatic carbocycles. The number of benzene rings is 2. The van der Waals surface area contributed by atoms with Crippen molar-refractivity contribution >= 4 is 29.2 Å². The molecule has 2 amide bonds. The number of rotatable bonds is 4. The maximum absolute atomic E-state index is 12.7. The SMILES string of the molecule is COC(=O)c1ccccc1NC(=O)C1CC(=O)N(c2ccc3c(c2)OCCO3)C1. The Kier molecular flexibility index (Phi) is 5.07. The highest BCUT2D eigenvalue weighted by Gasteiger charge is 2.36. The topological polar surface area (TPSA) is 94.2 Å². The van der Waals surface area contributed by atoms with Crippen molar-refractivity contribution in [2.75, 3.05) is 37.1 Å². The highest BCUT2D eigenvalue weighted by atomic mass is 16.6. The van der Waals surface area contributed by atoms with Gasteiger partial charge in [-0.2, -0.15) is 0 Å². The quantitative estimate of drug-likeness (QED) is 0.797. The van der Waals surface area contributed by atoms with Gasteiger partial charge in [0.25, 0.3) is 0 Å². The maximum Gasteiger partial charge on any atom is 0.339 e. The number of hydrogen-bond acceptors (Lipinski definition) is 6. The third-order valence-corrected chi connectivity index (χ3v) is 4.92. The van der Waals surface area contributed by atoms with E-state index < -0.39 is 11.9 Å². The first kappa shape index (κ1) is 18.8. The molecule has 2 aromatic rings. The van der Waals surface area contributed by atoms with Gasteiger partial charge in [0.1, 0.15) is 13.2 Å². The third kappa shape index (κ3) is 3.73. The first-order chi connectivity index (χ1) is 14.1. The number of esters is 1. The molecule has 1 saturated heterocycles. The Morgan fingerprint density at radius 1 is 1.10 bits per heavy atom. The van der Waals surface area contributed by atoms with Gasteiger partial charge in [-0.05, 0) is 24.3 Å². The van der Waals surface area contributed by atoms with E-state index in [4.69, 9.17) is 14.2 Å². The summed E-state index contributed by atoms with van der Waals surface area (Å²) in [5.74, 6) is -0.331. The van der Waals surface area contributed by atoms with Crippen LogP contribution in [-0.2, 0) is 14.3 Å². The number of nitrogens with zero attached hydrogens (tertiary/aromatic N) is 1. The van der Waals surface area contributed by atoms with Gasteiger partial charge in [0.15, 0.2) is 11.5 Å². The first-order valence-electron chi connectivity index (χ1n) is 9.25. The number of nitrogens with one attached hydrogen (secondary N) is 1. The highest BCUT2D eigenvalue weighted by molar-refractivity contribution is 6.06. The predicted octanol–water partition coefficient (Wildman–Crippen LogP) is 2.24. The molecule has 150 valence electrons. The van der Waals surface area contributed by atoms with Crippen molar-refractivity contribution in [1.82, 2.24) is 0 Å². The minimum atomic E-state index is -0.540. The van der Waals surface area contributed by atoms with Gasteiger partial charge in [-0.25, -0.2) is 4.79 Å². The zero-order chi connectivity index (χ0) is 20.4. The number of anilines is 2. The van der Waals surface area contributed by atoms with E-state index >= 15 is 0 Å². The summed E-state index contributed by atoms with van der Waals surface area (Å²) in [7, 11) is 1.28. The normalized spacial score (nSPS) is 17.8. The van der Waals surface area contributed by atoms with E-state index in [1.54, 1.807) is 47.4 Å². The Hall–Kier alpha value is -3.55. The van der Waals surface area contributed by atoms with Crippen LogP contribution in [0.25, 0.3) is 0 Å². The lowest BCUT2D eigenvalue weighted by atomic mass is 10.1. The average Bonchev–Trinajstić information content (AvgIpc) is 3.15. The van der Waals surface area contributed by atoms with Crippen molar-refractivity contribution in [1.29, 1.82) is 0 Å². The lowest BCUT2D eigenvalue weighted by Crippen LogP contribution is -2.28. The summed E-state index contributed by atoms with van der Waals surface area (Å²) in [6.45, 7) is 1.18. The number of fused-ring (bicyclic) bond motifs is 1. The van der Waals surface area contributed by atoms with Gasteiger partial charge >= 0.3 is 5.97 Å². The van der Waals surface area contributed by atoms with E-state index in [-0.39, 0.29) is 30.3 Å². The average molecular weight is 396 g/mol. The molecule has 1 fully saturated rings. The van der Waals surface area contributed by atoms with Crippen LogP contribution in [0, 0.1) is 5.92 Å². The van der Waals surface area contributed by atoms with Crippen LogP contribution in [0.2, 0.25) is 0 Å². The molecule has 0 saturated carbocycles. The molecule has 0 bridgehead atoms. The summed E-state index contributed by atoms with van der Waals surface area (Å²) >= 11 is 0. The van der Waals surface area contributed by atoms with Crippen LogP contribution >= 0.6 is 0 Å². The van der Waals surface area contributed by atoms with Gasteiger partial charge in [-0.1, -0.05) is 12.1 Å². The molecule has 8 heteroatoms. The van der Waals surface area contributed by atoms with Gasteiger partial charge in [-0.3, -0.25) is 9.59 Å². The summed E-state index contributed by atoms with van der Waals surface area (Å²) < 4.78 is 15.8. The molecular formula is C21H20N2O6. The number of amides is 2. The molecule has 0 radical (unpaired) electrons. The molecule has 1 atom stereocenters. The van der Waals surface area contributed by atoms with Gasteiger partial charge in [0.2, 0.25) is 11.8 Å². The lowest BCUT2D eigenvalue weighted by molar-refractivity contribution is -0.122. The Morgan fingerprint density at radius 2 is 1.86 bits per heavy atom. The Bertz CT molecular complexity index is 973. The first-order valence-corrected chi connectivity index (χ1v) is 9.25. The molecule has 8 nitrogen and oxygen atoms in total. The van der Waals surface area contributed by atoms with Crippen molar-refractivity contribution < 1.29 is 28.6 Å². The van der Waals surface area contributed by atoms with E-state index in [1.807, 2.05) is 0 Å². The number of para-hydroxylation sites is 1. The second kappa shape index (κ2) is 7.83. The smallest absolute Gasteiger partial charge is 0.339 e. The summed E-state index contributed by atoms with van der Waals surface area (Å²) in [5, 5.41) is 2.75. The minimum Gasteiger partial charge on any atom is -0.486 e. The lowest BCUT2D eigenvalue weighted by Gasteiger charge is -2.22. The molecule has 2 aliphatic rings. The number of hydrogen-bond donors (Lipinski definition) is 1. The molecule has 29 heavy (non-hydrogen) atoms. The number of carbonyl (C=O) groups is 3. The maximum atomic E-state index is 12.7. The van der Waals surface area contributed by atoms with Crippen LogP contribution in [0.4, 0.5) is 11.4 Å². The summed E-state index contributed by atoms with van der Waals surface area (Å²) in [6.07, 6.45) is 0.0840. The zero-order valence-electron chi connectivity index (χ0n) is 15.8. The molecule has 0 aliphatic carbocycles. The van der Waals surface area contributed by atoms with Crippen molar-refractivity contribution in [3.05, 3.63) is 48.0 Å². The van der Waals surface area contributed by atoms with E-state index in [0.29, 0.717) is 36.1 Å². The van der Waals surface area contributed by atoms with Crippen LogP contribution in [0.15, 0.2) is 42.5 Å². The largest absolute Gasteiger partial charge is 0.486 e. The second-order valence-electron chi connectivity index (χ2n) is 6.76. The second-order valence-corrected chi connectivity index (χ2v) is 6.76. The monoisotopic (exact) mass is 396 g/mol. The molecule has 2 heterocycles. The molecule has 4 rings (SSSR count). The summed E-state index contributed by atoms with van der Waals surface area (Å²) in [4.78, 5) is 38.7. The number of carbonyl (C=O) groups excluding carboxylic acids is 3. The van der Waals surface area contributed by atoms with E-state index in [9.17, 15) is 14.4 Å². The van der Waals surface area contributed by atoms with Crippen LogP contribution in [-0.4, -0.2) is 44.7 Å². The molecular weight excluding hydrogens is 376 g/mol. The van der Waals surface area contributed by atoms with Crippen LogP contribution < -0.4 is 19.7 Å². The van der Waals surface area contributed by atoms with Gasteiger partial charge in [0.05, 0.1) is 24.3 Å². The zero-order valence-corrected chi connectivity index (χ0v) is 15.8. The fraction of sp³-hybridized carbons (Fsp3) is 0.286. The van der Waals surface area contributed by atoms with E-state index in [2.05, 4.69) is 5.32 Å². The van der Waals surface area contributed by atoms with Crippen molar-refractivity contribution in [3.63, 3.8) is 0 Å². The standard InChI is InChI=1S/C21H20N2O6/c1-27-21(26)15-4-2-3-5-16(15)22-20(25)13-10-19(24)23(12-13)14-6-7-17-18(11-14)29-9-8-28-17/h2-7,11,13H,8-10,12H2,1H3,(H,22,25). The van der Waals surface area contributed by atoms with E-state index in [1.165, 1.54) is 7.11 Å². The van der Waals surface area contributed by atoms with Crippen LogP contribution in [0.3, 0.4) is 0 Å². The Balaban J connectivity index is 1.48. The third-order valence-electron chi connectivity index (χ3n) is 4.92. The van der Waals surface area contributed by atoms with Crippen LogP contribution in [0.5, 0.6) is 11.5 Å². The predicted molar refractivity (Wildman–Crippen MR) is 104 cm³/mol. The molecule has 1 unspecified atom stereocenters. The molecule has 0 aromatic heterocycles. The van der Waals surface area contributed by atoms with Crippen molar-refractivity contribution in [2.24, 2.45) is 5.92 Å². The summed E-state index contributed by atoms with van der Waals surface area (Å²) in [5.41, 5.74) is 1.27. The fourth-order valence-electron chi connectivity index (χ4n) is 3.45. The van der Waals surface area contributed by atoms with E-state index in [0.717, 1.165) is 0 Å². The number of methoxy groups -OCH3 is 1. The molecule has 2 aliphatic heterocycles. The Labute approximate surface area is 167 Å². The van der Waals surface area contributed by atoms with Gasteiger partial charge in [0, 0.05) is 24.7 Å². The van der Waals surface area contributed by atoms with Gasteiger partial charge in [-0.15, -0.1) is 0 Å². The fourth-order valence-corrected chi connectivity index (χ4v) is 3.45. The number of ether oxygens (including phenoxy) is 3.